The number of hydrogen-bond donors (Lipinski definition) is 2. The number of carbonyl (C=O) groups excluding carboxylic acids is 1. The summed E-state index contributed by atoms with van der Waals surface area (Å²) in [5.41, 5.74) is 2.19. The number of benzene rings is 2. The number of carboxylic acid groups (broad SMARTS) is 1. The van der Waals surface area contributed by atoms with Crippen LogP contribution in [0.15, 0.2) is 48.5 Å². The van der Waals surface area contributed by atoms with E-state index >= 15 is 0 Å². The molecule has 5 heteroatoms. The molecule has 1 aliphatic rings. The van der Waals surface area contributed by atoms with Gasteiger partial charge in [-0.3, -0.25) is 4.79 Å². The first-order chi connectivity index (χ1) is 12.5. The lowest BCUT2D eigenvalue weighted by Gasteiger charge is -2.28. The summed E-state index contributed by atoms with van der Waals surface area (Å²) in [6.45, 7) is 0. The lowest BCUT2D eigenvalue weighted by Crippen LogP contribution is -2.20. The van der Waals surface area contributed by atoms with E-state index in [1.54, 1.807) is 36.4 Å². The van der Waals surface area contributed by atoms with Gasteiger partial charge in [-0.05, 0) is 79.5 Å². The molecule has 0 aliphatic heterocycles. The van der Waals surface area contributed by atoms with E-state index in [-0.39, 0.29) is 5.91 Å². The highest BCUT2D eigenvalue weighted by atomic mass is 35.5. The van der Waals surface area contributed by atoms with Crippen LogP contribution >= 0.6 is 11.6 Å². The zero-order valence-electron chi connectivity index (χ0n) is 14.5. The normalized spacial score (nSPS) is 19.7. The second-order valence-corrected chi connectivity index (χ2v) is 7.34. The number of hydrogen-bond acceptors (Lipinski definition) is 2. The molecule has 0 aromatic heterocycles. The fraction of sp³-hybridized carbons (Fsp3) is 0.333. The Hall–Kier alpha value is -2.33. The van der Waals surface area contributed by atoms with E-state index in [0.29, 0.717) is 28.8 Å². The van der Waals surface area contributed by atoms with Crippen LogP contribution in [-0.2, 0) is 4.79 Å². The van der Waals surface area contributed by atoms with Gasteiger partial charge in [-0.1, -0.05) is 23.7 Å². The van der Waals surface area contributed by atoms with E-state index in [1.165, 1.54) is 0 Å². The topological polar surface area (TPSA) is 66.4 Å². The molecular weight excluding hydrogens is 350 g/mol. The van der Waals surface area contributed by atoms with Gasteiger partial charge in [0.1, 0.15) is 0 Å². The number of halogens is 1. The monoisotopic (exact) mass is 371 g/mol. The predicted molar refractivity (Wildman–Crippen MR) is 103 cm³/mol. The van der Waals surface area contributed by atoms with Gasteiger partial charge in [-0.2, -0.15) is 0 Å². The van der Waals surface area contributed by atoms with E-state index in [1.807, 2.05) is 12.1 Å². The molecule has 3 rings (SSSR count). The molecule has 0 unspecified atom stereocenters. The molecule has 0 atom stereocenters. The molecular formula is C21H22ClNO3. The van der Waals surface area contributed by atoms with Crippen LogP contribution in [0.5, 0.6) is 0 Å². The lowest BCUT2D eigenvalue weighted by molar-refractivity contribution is -0.117. The van der Waals surface area contributed by atoms with E-state index in [9.17, 15) is 9.59 Å². The van der Waals surface area contributed by atoms with Crippen molar-refractivity contribution in [3.05, 3.63) is 64.7 Å². The lowest BCUT2D eigenvalue weighted by atomic mass is 9.77. The molecule has 2 aromatic rings. The Morgan fingerprint density at radius 2 is 1.73 bits per heavy atom. The Kier molecular flexibility index (Phi) is 5.94. The highest BCUT2D eigenvalue weighted by Crippen LogP contribution is 2.37. The van der Waals surface area contributed by atoms with Crippen LogP contribution in [0, 0.1) is 5.92 Å². The maximum absolute atomic E-state index is 12.2. The summed E-state index contributed by atoms with van der Waals surface area (Å²) in [6.07, 6.45) is 4.46. The summed E-state index contributed by atoms with van der Waals surface area (Å²) in [5, 5.41) is 12.7. The summed E-state index contributed by atoms with van der Waals surface area (Å²) in [4.78, 5) is 23.4. The van der Waals surface area contributed by atoms with Gasteiger partial charge in [0.05, 0.1) is 5.56 Å². The van der Waals surface area contributed by atoms with Gasteiger partial charge in [0.25, 0.3) is 0 Å². The standard InChI is InChI=1S/C21H22ClNO3/c22-18-8-10-19(11-9-18)23-20(24)12-14-4-6-15(7-5-14)16-2-1-3-17(13-16)21(25)26/h1-3,8-11,13-15H,4-7,12H2,(H,23,24)(H,25,26)/t14-,15-. The van der Waals surface area contributed by atoms with E-state index < -0.39 is 5.97 Å². The molecule has 26 heavy (non-hydrogen) atoms. The average Bonchev–Trinajstić information content (AvgIpc) is 2.64. The minimum atomic E-state index is -0.889. The van der Waals surface area contributed by atoms with Crippen molar-refractivity contribution >= 4 is 29.2 Å². The van der Waals surface area contributed by atoms with Crippen LogP contribution in [0.2, 0.25) is 5.02 Å². The molecule has 0 radical (unpaired) electrons. The fourth-order valence-electron chi connectivity index (χ4n) is 3.63. The molecule has 0 spiro atoms. The Labute approximate surface area is 158 Å². The Balaban J connectivity index is 1.50. The minimum Gasteiger partial charge on any atom is -0.478 e. The first kappa shape index (κ1) is 18.5. The number of carbonyl (C=O) groups is 2. The van der Waals surface area contributed by atoms with Crippen LogP contribution in [0.25, 0.3) is 0 Å². The quantitative estimate of drug-likeness (QED) is 0.745. The molecule has 1 aliphatic carbocycles. The van der Waals surface area contributed by atoms with Gasteiger partial charge in [0.2, 0.25) is 5.91 Å². The van der Waals surface area contributed by atoms with Crippen LogP contribution in [0.4, 0.5) is 5.69 Å². The third-order valence-electron chi connectivity index (χ3n) is 5.05. The minimum absolute atomic E-state index is 0.0312. The van der Waals surface area contributed by atoms with Crippen molar-refractivity contribution in [1.29, 1.82) is 0 Å². The molecule has 4 nitrogen and oxygen atoms in total. The Morgan fingerprint density at radius 1 is 1.04 bits per heavy atom. The number of carboxylic acids is 1. The van der Waals surface area contributed by atoms with Gasteiger partial charge >= 0.3 is 5.97 Å². The number of anilines is 1. The van der Waals surface area contributed by atoms with Crippen LogP contribution < -0.4 is 5.32 Å². The highest BCUT2D eigenvalue weighted by molar-refractivity contribution is 6.30. The van der Waals surface area contributed by atoms with Crippen molar-refractivity contribution in [2.75, 3.05) is 5.32 Å². The molecule has 0 saturated heterocycles. The van der Waals surface area contributed by atoms with Crippen molar-refractivity contribution in [3.63, 3.8) is 0 Å². The van der Waals surface area contributed by atoms with Gasteiger partial charge in [-0.15, -0.1) is 0 Å². The summed E-state index contributed by atoms with van der Waals surface area (Å²) in [7, 11) is 0. The fourth-order valence-corrected chi connectivity index (χ4v) is 3.76. The van der Waals surface area contributed by atoms with Gasteiger partial charge in [0.15, 0.2) is 0 Å². The van der Waals surface area contributed by atoms with E-state index in [4.69, 9.17) is 16.7 Å². The first-order valence-corrected chi connectivity index (χ1v) is 9.28. The average molecular weight is 372 g/mol. The van der Waals surface area contributed by atoms with Gasteiger partial charge in [-0.25, -0.2) is 4.79 Å². The van der Waals surface area contributed by atoms with Crippen molar-refractivity contribution in [3.8, 4) is 0 Å². The zero-order valence-corrected chi connectivity index (χ0v) is 15.2. The van der Waals surface area contributed by atoms with Gasteiger partial charge in [0, 0.05) is 17.1 Å². The summed E-state index contributed by atoms with van der Waals surface area (Å²) in [5.74, 6) is -0.103. The SMILES string of the molecule is O=C(C[C@H]1CC[C@H](c2cccc(C(=O)O)c2)CC1)Nc1ccc(Cl)cc1. The molecule has 2 N–H and O–H groups in total. The smallest absolute Gasteiger partial charge is 0.335 e. The summed E-state index contributed by atoms with van der Waals surface area (Å²) >= 11 is 5.85. The van der Waals surface area contributed by atoms with E-state index in [2.05, 4.69) is 5.32 Å². The number of nitrogens with one attached hydrogen (secondary N) is 1. The zero-order chi connectivity index (χ0) is 18.5. The third kappa shape index (κ3) is 4.85. The van der Waals surface area contributed by atoms with Gasteiger partial charge < -0.3 is 10.4 Å². The molecule has 2 aromatic carbocycles. The summed E-state index contributed by atoms with van der Waals surface area (Å²) < 4.78 is 0. The molecule has 0 bridgehead atoms. The molecule has 1 fully saturated rings. The highest BCUT2D eigenvalue weighted by Gasteiger charge is 2.24. The molecule has 0 heterocycles. The van der Waals surface area contributed by atoms with Crippen molar-refractivity contribution in [1.82, 2.24) is 0 Å². The maximum atomic E-state index is 12.2. The first-order valence-electron chi connectivity index (χ1n) is 8.90. The van der Waals surface area contributed by atoms with Crippen molar-refractivity contribution in [2.24, 2.45) is 5.92 Å². The van der Waals surface area contributed by atoms with E-state index in [0.717, 1.165) is 36.9 Å². The maximum Gasteiger partial charge on any atom is 0.335 e. The second-order valence-electron chi connectivity index (χ2n) is 6.91. The predicted octanol–water partition coefficient (Wildman–Crippen LogP) is 5.34. The largest absolute Gasteiger partial charge is 0.478 e. The number of amides is 1. The van der Waals surface area contributed by atoms with Crippen molar-refractivity contribution < 1.29 is 14.7 Å². The number of rotatable bonds is 5. The summed E-state index contributed by atoms with van der Waals surface area (Å²) in [6, 6.07) is 14.3. The molecule has 1 amide bonds. The third-order valence-corrected chi connectivity index (χ3v) is 5.31. The van der Waals surface area contributed by atoms with Crippen LogP contribution in [0.1, 0.15) is 53.9 Å². The second kappa shape index (κ2) is 8.37. The molecule has 1 saturated carbocycles. The Bertz CT molecular complexity index is 780. The van der Waals surface area contributed by atoms with Crippen LogP contribution in [-0.4, -0.2) is 17.0 Å². The molecule has 136 valence electrons. The van der Waals surface area contributed by atoms with Crippen LogP contribution in [0.3, 0.4) is 0 Å². The van der Waals surface area contributed by atoms with Crippen molar-refractivity contribution in [2.45, 2.75) is 38.0 Å². The number of aromatic carboxylic acids is 1. The Morgan fingerprint density at radius 3 is 2.38 bits per heavy atom.